The summed E-state index contributed by atoms with van der Waals surface area (Å²) in [6.45, 7) is 1.68. The molecule has 8 heteroatoms. The van der Waals surface area contributed by atoms with E-state index >= 15 is 0 Å². The first kappa shape index (κ1) is 16.7. The van der Waals surface area contributed by atoms with Gasteiger partial charge in [-0.3, -0.25) is 0 Å². The van der Waals surface area contributed by atoms with Crippen molar-refractivity contribution >= 4 is 23.1 Å². The third-order valence-electron chi connectivity index (χ3n) is 3.22. The third kappa shape index (κ3) is 4.03. The van der Waals surface area contributed by atoms with Crippen LogP contribution in [0.25, 0.3) is 0 Å². The summed E-state index contributed by atoms with van der Waals surface area (Å²) >= 11 is 0. The molecule has 0 radical (unpaired) electrons. The van der Waals surface area contributed by atoms with Gasteiger partial charge >= 0.3 is 0 Å². The van der Waals surface area contributed by atoms with Gasteiger partial charge in [-0.2, -0.15) is 4.98 Å². The lowest BCUT2D eigenvalue weighted by Gasteiger charge is -2.11. The van der Waals surface area contributed by atoms with Gasteiger partial charge < -0.3 is 10.6 Å². The van der Waals surface area contributed by atoms with Crippen molar-refractivity contribution in [3.63, 3.8) is 0 Å². The Kier molecular flexibility index (Phi) is 4.51. The van der Waals surface area contributed by atoms with Crippen LogP contribution in [-0.2, 0) is 0 Å². The van der Waals surface area contributed by atoms with Gasteiger partial charge in [0.05, 0.1) is 5.69 Å². The van der Waals surface area contributed by atoms with Crippen LogP contribution in [0.5, 0.6) is 0 Å². The molecule has 128 valence electrons. The number of hydrogen-bond donors (Lipinski definition) is 2. The Balaban J connectivity index is 1.86. The molecule has 0 fully saturated rings. The molecule has 3 aromatic rings. The minimum atomic E-state index is -0.998. The number of nitrogens with one attached hydrogen (secondary N) is 2. The summed E-state index contributed by atoms with van der Waals surface area (Å²) < 4.78 is 52.9. The number of hydrogen-bond acceptors (Lipinski definition) is 4. The second-order valence-electron chi connectivity index (χ2n) is 5.22. The second kappa shape index (κ2) is 6.76. The molecule has 3 rings (SSSR count). The summed E-state index contributed by atoms with van der Waals surface area (Å²) in [5, 5.41) is 5.46. The molecule has 0 atom stereocenters. The highest BCUT2D eigenvalue weighted by atomic mass is 19.2. The number of benzene rings is 2. The fourth-order valence-corrected chi connectivity index (χ4v) is 2.12. The van der Waals surface area contributed by atoms with Crippen LogP contribution >= 0.6 is 0 Å². The zero-order valence-corrected chi connectivity index (χ0v) is 12.9. The van der Waals surface area contributed by atoms with E-state index in [0.29, 0.717) is 11.5 Å². The van der Waals surface area contributed by atoms with Crippen molar-refractivity contribution in [3.05, 3.63) is 71.4 Å². The van der Waals surface area contributed by atoms with Gasteiger partial charge in [-0.1, -0.05) is 0 Å². The summed E-state index contributed by atoms with van der Waals surface area (Å²) in [7, 11) is 0. The number of aromatic nitrogens is 2. The molecule has 0 bridgehead atoms. The molecule has 0 amide bonds. The Labute approximate surface area is 140 Å². The lowest BCUT2D eigenvalue weighted by Crippen LogP contribution is -2.04. The quantitative estimate of drug-likeness (QED) is 0.663. The second-order valence-corrected chi connectivity index (χ2v) is 5.22. The number of anilines is 4. The average molecular weight is 348 g/mol. The molecule has 0 saturated carbocycles. The van der Waals surface area contributed by atoms with Crippen molar-refractivity contribution in [2.45, 2.75) is 6.92 Å². The van der Waals surface area contributed by atoms with Gasteiger partial charge in [0, 0.05) is 29.6 Å². The van der Waals surface area contributed by atoms with Gasteiger partial charge in [-0.05, 0) is 31.2 Å². The SMILES string of the molecule is Cc1cc(Nc2ccc(F)c(F)c2)nc(Nc2ccc(F)cc2F)n1. The molecule has 0 unspecified atom stereocenters. The Morgan fingerprint density at radius 3 is 2.28 bits per heavy atom. The van der Waals surface area contributed by atoms with E-state index in [4.69, 9.17) is 0 Å². The zero-order valence-electron chi connectivity index (χ0n) is 12.9. The Hall–Kier alpha value is -3.16. The van der Waals surface area contributed by atoms with Gasteiger partial charge in [0.2, 0.25) is 5.95 Å². The van der Waals surface area contributed by atoms with E-state index in [1.807, 2.05) is 0 Å². The molecule has 0 aliphatic carbocycles. The van der Waals surface area contributed by atoms with Crippen LogP contribution in [-0.4, -0.2) is 9.97 Å². The molecule has 0 spiro atoms. The Bertz CT molecular complexity index is 931. The topological polar surface area (TPSA) is 49.8 Å². The standard InChI is InChI=1S/C17H12F4N4/c1-9-6-16(23-11-3-4-12(19)13(20)8-11)25-17(22-9)24-15-5-2-10(18)7-14(15)21/h2-8H,1H3,(H2,22,23,24,25). The molecular weight excluding hydrogens is 336 g/mol. The maximum atomic E-state index is 13.7. The number of nitrogens with zero attached hydrogens (tertiary/aromatic N) is 2. The van der Waals surface area contributed by atoms with Crippen molar-refractivity contribution in [2.24, 2.45) is 0 Å². The van der Waals surface area contributed by atoms with Crippen LogP contribution in [0.1, 0.15) is 5.69 Å². The van der Waals surface area contributed by atoms with Gasteiger partial charge in [-0.25, -0.2) is 22.5 Å². The molecule has 0 aliphatic heterocycles. The van der Waals surface area contributed by atoms with Crippen LogP contribution in [0.4, 0.5) is 40.7 Å². The van der Waals surface area contributed by atoms with Crippen molar-refractivity contribution in [1.29, 1.82) is 0 Å². The Morgan fingerprint density at radius 1 is 0.760 bits per heavy atom. The van der Waals surface area contributed by atoms with E-state index in [9.17, 15) is 17.6 Å². The highest BCUT2D eigenvalue weighted by Crippen LogP contribution is 2.22. The molecule has 0 saturated heterocycles. The van der Waals surface area contributed by atoms with Gasteiger partial charge in [-0.15, -0.1) is 0 Å². The monoisotopic (exact) mass is 348 g/mol. The van der Waals surface area contributed by atoms with E-state index in [-0.39, 0.29) is 17.3 Å². The van der Waals surface area contributed by atoms with Crippen LogP contribution in [0, 0.1) is 30.2 Å². The summed E-state index contributed by atoms with van der Waals surface area (Å²) in [5.74, 6) is -3.09. The van der Waals surface area contributed by atoms with Gasteiger partial charge in [0.15, 0.2) is 11.6 Å². The van der Waals surface area contributed by atoms with E-state index in [1.54, 1.807) is 13.0 Å². The lowest BCUT2D eigenvalue weighted by molar-refractivity contribution is 0.509. The highest BCUT2D eigenvalue weighted by molar-refractivity contribution is 5.60. The van der Waals surface area contributed by atoms with E-state index in [0.717, 1.165) is 24.3 Å². The maximum absolute atomic E-state index is 13.7. The van der Waals surface area contributed by atoms with E-state index in [1.165, 1.54) is 12.1 Å². The number of rotatable bonds is 4. The highest BCUT2D eigenvalue weighted by Gasteiger charge is 2.09. The molecule has 4 nitrogen and oxygen atoms in total. The van der Waals surface area contributed by atoms with Gasteiger partial charge in [0.25, 0.3) is 0 Å². The first-order valence-electron chi connectivity index (χ1n) is 7.20. The molecule has 0 aliphatic rings. The van der Waals surface area contributed by atoms with Crippen LogP contribution < -0.4 is 10.6 Å². The zero-order chi connectivity index (χ0) is 18.0. The van der Waals surface area contributed by atoms with Crippen molar-refractivity contribution < 1.29 is 17.6 Å². The predicted octanol–water partition coefficient (Wildman–Crippen LogP) is 4.83. The summed E-state index contributed by atoms with van der Waals surface area (Å²) in [4.78, 5) is 8.24. The van der Waals surface area contributed by atoms with Gasteiger partial charge in [0.1, 0.15) is 17.5 Å². The third-order valence-corrected chi connectivity index (χ3v) is 3.22. The fraction of sp³-hybridized carbons (Fsp3) is 0.0588. The molecule has 1 heterocycles. The summed E-state index contributed by atoms with van der Waals surface area (Å²) in [6, 6.07) is 7.95. The lowest BCUT2D eigenvalue weighted by atomic mass is 10.3. The number of halogens is 4. The fourth-order valence-electron chi connectivity index (χ4n) is 2.12. The first-order chi connectivity index (χ1) is 11.9. The maximum Gasteiger partial charge on any atom is 0.229 e. The van der Waals surface area contributed by atoms with Crippen LogP contribution in [0.15, 0.2) is 42.5 Å². The summed E-state index contributed by atoms with van der Waals surface area (Å²) in [5.41, 5.74) is 0.840. The number of aryl methyl sites for hydroxylation is 1. The van der Waals surface area contributed by atoms with Crippen molar-refractivity contribution in [2.75, 3.05) is 10.6 Å². The normalized spacial score (nSPS) is 10.6. The molecule has 1 aromatic heterocycles. The van der Waals surface area contributed by atoms with Crippen molar-refractivity contribution in [1.82, 2.24) is 9.97 Å². The van der Waals surface area contributed by atoms with Crippen LogP contribution in [0.3, 0.4) is 0 Å². The first-order valence-corrected chi connectivity index (χ1v) is 7.20. The average Bonchev–Trinajstić information content (AvgIpc) is 2.53. The largest absolute Gasteiger partial charge is 0.340 e. The minimum Gasteiger partial charge on any atom is -0.340 e. The molecule has 2 aromatic carbocycles. The molecule has 25 heavy (non-hydrogen) atoms. The van der Waals surface area contributed by atoms with E-state index < -0.39 is 23.3 Å². The van der Waals surface area contributed by atoms with E-state index in [2.05, 4.69) is 20.6 Å². The molecular formula is C17H12F4N4. The predicted molar refractivity (Wildman–Crippen MR) is 86.1 cm³/mol. The van der Waals surface area contributed by atoms with Crippen molar-refractivity contribution in [3.8, 4) is 0 Å². The minimum absolute atomic E-state index is 0.00535. The molecule has 2 N–H and O–H groups in total. The Morgan fingerprint density at radius 2 is 1.56 bits per heavy atom. The smallest absolute Gasteiger partial charge is 0.229 e. The summed E-state index contributed by atoms with van der Waals surface area (Å²) in [6.07, 6.45) is 0. The van der Waals surface area contributed by atoms with Crippen LogP contribution in [0.2, 0.25) is 0 Å².